The molecule has 0 unspecified atom stereocenters. The average molecular weight is 349 g/mol. The number of hydrogen-bond acceptors (Lipinski definition) is 4. The molecule has 1 N–H and O–H groups in total. The summed E-state index contributed by atoms with van der Waals surface area (Å²) in [7, 11) is 0. The fourth-order valence-electron chi connectivity index (χ4n) is 3.19. The van der Waals surface area contributed by atoms with Crippen molar-refractivity contribution in [3.05, 3.63) is 30.3 Å². The highest BCUT2D eigenvalue weighted by Crippen LogP contribution is 2.32. The van der Waals surface area contributed by atoms with Gasteiger partial charge >= 0.3 is 6.09 Å². The topological polar surface area (TPSA) is 59.0 Å². The van der Waals surface area contributed by atoms with E-state index in [1.807, 2.05) is 51.1 Å². The van der Waals surface area contributed by atoms with Crippen molar-refractivity contribution in [2.75, 3.05) is 13.1 Å². The van der Waals surface area contributed by atoms with Crippen LogP contribution in [0.25, 0.3) is 0 Å². The van der Waals surface area contributed by atoms with Crippen molar-refractivity contribution in [3.63, 3.8) is 0 Å². The zero-order valence-corrected chi connectivity index (χ0v) is 16.0. The maximum atomic E-state index is 12.4. The van der Waals surface area contributed by atoms with Crippen LogP contribution in [-0.2, 0) is 4.74 Å². The van der Waals surface area contributed by atoms with Crippen LogP contribution in [0.2, 0.25) is 0 Å². The Labute approximate surface area is 150 Å². The van der Waals surface area contributed by atoms with E-state index in [1.165, 1.54) is 0 Å². The highest BCUT2D eigenvalue weighted by atomic mass is 16.6. The molecule has 1 aromatic rings. The van der Waals surface area contributed by atoms with Gasteiger partial charge in [-0.25, -0.2) is 4.79 Å². The van der Waals surface area contributed by atoms with Crippen LogP contribution in [0.1, 0.15) is 47.5 Å². The van der Waals surface area contributed by atoms with E-state index in [4.69, 9.17) is 9.47 Å². The summed E-state index contributed by atoms with van der Waals surface area (Å²) >= 11 is 0. The lowest BCUT2D eigenvalue weighted by Gasteiger charge is -2.45. The molecule has 1 aliphatic rings. The third-order valence-electron chi connectivity index (χ3n) is 4.24. The molecule has 0 bridgehead atoms. The van der Waals surface area contributed by atoms with E-state index in [0.717, 1.165) is 0 Å². The minimum Gasteiger partial charge on any atom is -0.486 e. The SMILES string of the molecule is CC(C)C[C@]1(O)CCN(C(=O)OC(C)(C)C)C[C@@H]1Oc1ccccc1. The monoisotopic (exact) mass is 349 g/mol. The molecule has 25 heavy (non-hydrogen) atoms. The number of nitrogens with zero attached hydrogens (tertiary/aromatic N) is 1. The van der Waals surface area contributed by atoms with Crippen molar-refractivity contribution in [2.45, 2.75) is 64.8 Å². The molecule has 2 atom stereocenters. The lowest BCUT2D eigenvalue weighted by molar-refractivity contribution is -0.116. The molecule has 2 rings (SSSR count). The summed E-state index contributed by atoms with van der Waals surface area (Å²) in [6, 6.07) is 9.43. The fraction of sp³-hybridized carbons (Fsp3) is 0.650. The predicted molar refractivity (Wildman–Crippen MR) is 97.7 cm³/mol. The van der Waals surface area contributed by atoms with Crippen molar-refractivity contribution in [1.29, 1.82) is 0 Å². The maximum Gasteiger partial charge on any atom is 0.410 e. The second kappa shape index (κ2) is 7.65. The van der Waals surface area contributed by atoms with Crippen LogP contribution in [-0.4, -0.2) is 46.5 Å². The van der Waals surface area contributed by atoms with E-state index in [-0.39, 0.29) is 6.09 Å². The third-order valence-corrected chi connectivity index (χ3v) is 4.24. The average Bonchev–Trinajstić information content (AvgIpc) is 2.48. The van der Waals surface area contributed by atoms with Crippen molar-refractivity contribution in [1.82, 2.24) is 4.90 Å². The summed E-state index contributed by atoms with van der Waals surface area (Å²) in [6.45, 7) is 10.5. The molecule has 1 aliphatic heterocycles. The molecule has 1 aromatic carbocycles. The van der Waals surface area contributed by atoms with E-state index < -0.39 is 17.3 Å². The Bertz CT molecular complexity index is 567. The Morgan fingerprint density at radius 2 is 1.96 bits per heavy atom. The van der Waals surface area contributed by atoms with Crippen LogP contribution < -0.4 is 4.74 Å². The predicted octanol–water partition coefficient (Wildman–Crippen LogP) is 3.85. The Kier molecular flexibility index (Phi) is 5.99. The van der Waals surface area contributed by atoms with Gasteiger partial charge in [-0.3, -0.25) is 0 Å². The maximum absolute atomic E-state index is 12.4. The van der Waals surface area contributed by atoms with E-state index in [1.54, 1.807) is 4.90 Å². The first-order chi connectivity index (χ1) is 11.6. The van der Waals surface area contributed by atoms with Gasteiger partial charge in [0.2, 0.25) is 0 Å². The van der Waals surface area contributed by atoms with Crippen molar-refractivity contribution in [3.8, 4) is 5.75 Å². The Balaban J connectivity index is 2.15. The van der Waals surface area contributed by atoms with Gasteiger partial charge in [0.15, 0.2) is 0 Å². The number of piperidine rings is 1. The van der Waals surface area contributed by atoms with Gasteiger partial charge in [0.1, 0.15) is 23.1 Å². The largest absolute Gasteiger partial charge is 0.486 e. The quantitative estimate of drug-likeness (QED) is 0.897. The fourth-order valence-corrected chi connectivity index (χ4v) is 3.19. The first-order valence-corrected chi connectivity index (χ1v) is 9.01. The number of hydrogen-bond donors (Lipinski definition) is 1. The van der Waals surface area contributed by atoms with E-state index in [0.29, 0.717) is 37.6 Å². The van der Waals surface area contributed by atoms with Gasteiger partial charge in [-0.05, 0) is 51.7 Å². The van der Waals surface area contributed by atoms with Gasteiger partial charge in [-0.15, -0.1) is 0 Å². The number of aliphatic hydroxyl groups is 1. The van der Waals surface area contributed by atoms with Crippen molar-refractivity contribution >= 4 is 6.09 Å². The molecule has 0 radical (unpaired) electrons. The minimum absolute atomic E-state index is 0.313. The number of para-hydroxylation sites is 1. The highest BCUT2D eigenvalue weighted by Gasteiger charge is 2.45. The van der Waals surface area contributed by atoms with Crippen LogP contribution in [0.15, 0.2) is 30.3 Å². The zero-order chi connectivity index (χ0) is 18.7. The number of likely N-dealkylation sites (tertiary alicyclic amines) is 1. The van der Waals surface area contributed by atoms with Crippen LogP contribution >= 0.6 is 0 Å². The molecule has 140 valence electrons. The molecule has 0 aromatic heterocycles. The van der Waals surface area contributed by atoms with E-state index >= 15 is 0 Å². The molecule has 1 amide bonds. The van der Waals surface area contributed by atoms with Gasteiger partial charge in [-0.2, -0.15) is 0 Å². The first kappa shape index (κ1) is 19.6. The van der Waals surface area contributed by atoms with E-state index in [2.05, 4.69) is 13.8 Å². The summed E-state index contributed by atoms with van der Waals surface area (Å²) < 4.78 is 11.6. The standard InChI is InChI=1S/C20H31NO4/c1-15(2)13-20(23)11-12-21(18(22)25-19(3,4)5)14-17(20)24-16-9-7-6-8-10-16/h6-10,15,17,23H,11-14H2,1-5H3/t17-,20+/m0/s1. The molecule has 5 heteroatoms. The lowest BCUT2D eigenvalue weighted by Crippen LogP contribution is -2.60. The third kappa shape index (κ3) is 5.63. The highest BCUT2D eigenvalue weighted by molar-refractivity contribution is 5.68. The van der Waals surface area contributed by atoms with Gasteiger partial charge in [-0.1, -0.05) is 32.0 Å². The summed E-state index contributed by atoms with van der Waals surface area (Å²) in [4.78, 5) is 14.0. The molecular formula is C20H31NO4. The number of rotatable bonds is 4. The molecule has 1 fully saturated rings. The molecule has 5 nitrogen and oxygen atoms in total. The van der Waals surface area contributed by atoms with Crippen molar-refractivity contribution in [2.24, 2.45) is 5.92 Å². The van der Waals surface area contributed by atoms with Crippen LogP contribution in [0.4, 0.5) is 4.79 Å². The van der Waals surface area contributed by atoms with Crippen molar-refractivity contribution < 1.29 is 19.4 Å². The number of amides is 1. The second-order valence-electron chi connectivity index (χ2n) is 8.30. The Morgan fingerprint density at radius 3 is 2.52 bits per heavy atom. The van der Waals surface area contributed by atoms with Gasteiger partial charge in [0.25, 0.3) is 0 Å². The Morgan fingerprint density at radius 1 is 1.32 bits per heavy atom. The lowest BCUT2D eigenvalue weighted by atomic mass is 9.81. The minimum atomic E-state index is -0.956. The van der Waals surface area contributed by atoms with E-state index in [9.17, 15) is 9.90 Å². The molecule has 1 saturated heterocycles. The summed E-state index contributed by atoms with van der Waals surface area (Å²) in [5, 5.41) is 11.2. The molecule has 0 spiro atoms. The number of carbonyl (C=O) groups excluding carboxylic acids is 1. The summed E-state index contributed by atoms with van der Waals surface area (Å²) in [6.07, 6.45) is 0.258. The Hall–Kier alpha value is -1.75. The number of ether oxygens (including phenoxy) is 2. The zero-order valence-electron chi connectivity index (χ0n) is 16.0. The number of carbonyl (C=O) groups is 1. The summed E-state index contributed by atoms with van der Waals surface area (Å²) in [5.41, 5.74) is -1.50. The second-order valence-corrected chi connectivity index (χ2v) is 8.30. The molecule has 0 aliphatic carbocycles. The van der Waals surface area contributed by atoms with Gasteiger partial charge < -0.3 is 19.5 Å². The smallest absolute Gasteiger partial charge is 0.410 e. The van der Waals surface area contributed by atoms with Crippen LogP contribution in [0.5, 0.6) is 5.75 Å². The van der Waals surface area contributed by atoms with Gasteiger partial charge in [0, 0.05) is 6.54 Å². The molecule has 1 heterocycles. The molecule has 0 saturated carbocycles. The van der Waals surface area contributed by atoms with Crippen LogP contribution in [0.3, 0.4) is 0 Å². The normalized spacial score (nSPS) is 24.3. The van der Waals surface area contributed by atoms with Crippen LogP contribution in [0, 0.1) is 5.92 Å². The molecular weight excluding hydrogens is 318 g/mol. The van der Waals surface area contributed by atoms with Gasteiger partial charge in [0.05, 0.1) is 6.54 Å². The number of benzene rings is 1. The summed E-state index contributed by atoms with van der Waals surface area (Å²) in [5.74, 6) is 1.03. The first-order valence-electron chi connectivity index (χ1n) is 9.01.